The van der Waals surface area contributed by atoms with Gasteiger partial charge in [0.25, 0.3) is 0 Å². The molecule has 0 saturated carbocycles. The highest BCUT2D eigenvalue weighted by Crippen LogP contribution is 2.42. The summed E-state index contributed by atoms with van der Waals surface area (Å²) in [6.07, 6.45) is 0. The van der Waals surface area contributed by atoms with E-state index in [0.29, 0.717) is 27.3 Å². The number of carbonyl (C=O) groups is 2. The first-order valence-corrected chi connectivity index (χ1v) is 7.83. The Morgan fingerprint density at radius 2 is 1.33 bits per heavy atom. The third-order valence-corrected chi connectivity index (χ3v) is 4.63. The molecule has 0 heterocycles. The third kappa shape index (κ3) is 1.99. The molecule has 3 aromatic carbocycles. The van der Waals surface area contributed by atoms with E-state index in [4.69, 9.17) is 17.3 Å². The highest BCUT2D eigenvalue weighted by Gasteiger charge is 2.32. The average Bonchev–Trinajstić information content (AvgIpc) is 2.88. The molecule has 116 valence electrons. The average molecular weight is 334 g/mol. The van der Waals surface area contributed by atoms with Crippen LogP contribution in [0.3, 0.4) is 0 Å². The molecule has 0 aliphatic heterocycles. The molecule has 3 nitrogen and oxygen atoms in total. The molecule has 0 unspecified atom stereocenters. The number of rotatable bonds is 2. The molecule has 2 N–H and O–H groups in total. The summed E-state index contributed by atoms with van der Waals surface area (Å²) in [5.41, 5.74) is 9.63. The maximum Gasteiger partial charge on any atom is 0.250 e. The number of fused-ring (bicyclic) bond motifs is 3. The molecule has 1 amide bonds. The zero-order chi connectivity index (χ0) is 16.8. The minimum atomic E-state index is -0.636. The van der Waals surface area contributed by atoms with E-state index in [1.54, 1.807) is 18.2 Å². The lowest BCUT2D eigenvalue weighted by atomic mass is 9.91. The number of benzene rings is 3. The van der Waals surface area contributed by atoms with Gasteiger partial charge in [-0.1, -0.05) is 66.2 Å². The molecule has 4 rings (SSSR count). The smallest absolute Gasteiger partial charge is 0.250 e. The van der Waals surface area contributed by atoms with Crippen LogP contribution in [-0.4, -0.2) is 11.7 Å². The van der Waals surface area contributed by atoms with Crippen molar-refractivity contribution in [2.75, 3.05) is 0 Å². The lowest BCUT2D eigenvalue weighted by Gasteiger charge is -2.13. The predicted octanol–water partition coefficient (Wildman–Crippen LogP) is 4.32. The fourth-order valence-electron chi connectivity index (χ4n) is 3.27. The van der Waals surface area contributed by atoms with Crippen LogP contribution in [0.4, 0.5) is 0 Å². The van der Waals surface area contributed by atoms with Gasteiger partial charge in [0, 0.05) is 21.7 Å². The molecule has 0 fully saturated rings. The topological polar surface area (TPSA) is 60.2 Å². The number of hydrogen-bond acceptors (Lipinski definition) is 2. The van der Waals surface area contributed by atoms with Crippen LogP contribution >= 0.6 is 11.6 Å². The van der Waals surface area contributed by atoms with Gasteiger partial charge in [-0.05, 0) is 22.8 Å². The summed E-state index contributed by atoms with van der Waals surface area (Å²) in [6.45, 7) is 0. The largest absolute Gasteiger partial charge is 0.366 e. The Balaban J connectivity index is 2.07. The van der Waals surface area contributed by atoms with E-state index < -0.39 is 5.91 Å². The molecule has 24 heavy (non-hydrogen) atoms. The Labute approximate surface area is 143 Å². The van der Waals surface area contributed by atoms with Crippen LogP contribution in [0.5, 0.6) is 0 Å². The van der Waals surface area contributed by atoms with E-state index in [1.165, 1.54) is 0 Å². The van der Waals surface area contributed by atoms with Crippen LogP contribution in [0.15, 0.2) is 60.7 Å². The summed E-state index contributed by atoms with van der Waals surface area (Å²) in [7, 11) is 0. The molecule has 0 radical (unpaired) electrons. The molecule has 1 aliphatic rings. The van der Waals surface area contributed by atoms with E-state index in [1.807, 2.05) is 42.5 Å². The molecule has 3 aromatic rings. The molecule has 0 saturated heterocycles. The van der Waals surface area contributed by atoms with Crippen molar-refractivity contribution in [3.8, 4) is 22.3 Å². The van der Waals surface area contributed by atoms with Crippen molar-refractivity contribution in [1.29, 1.82) is 0 Å². The quantitative estimate of drug-likeness (QED) is 0.594. The van der Waals surface area contributed by atoms with Gasteiger partial charge >= 0.3 is 0 Å². The van der Waals surface area contributed by atoms with Crippen LogP contribution in [0.25, 0.3) is 22.3 Å². The van der Waals surface area contributed by atoms with Crippen LogP contribution < -0.4 is 5.73 Å². The minimum absolute atomic E-state index is 0.177. The Kier molecular flexibility index (Phi) is 3.25. The molecule has 1 aliphatic carbocycles. The maximum absolute atomic E-state index is 12.8. The monoisotopic (exact) mass is 333 g/mol. The molecule has 0 aromatic heterocycles. The van der Waals surface area contributed by atoms with Gasteiger partial charge in [0.15, 0.2) is 5.78 Å². The zero-order valence-electron chi connectivity index (χ0n) is 12.5. The minimum Gasteiger partial charge on any atom is -0.366 e. The van der Waals surface area contributed by atoms with E-state index in [9.17, 15) is 9.59 Å². The van der Waals surface area contributed by atoms with Gasteiger partial charge in [-0.3, -0.25) is 9.59 Å². The van der Waals surface area contributed by atoms with E-state index in [-0.39, 0.29) is 11.3 Å². The summed E-state index contributed by atoms with van der Waals surface area (Å²) in [5, 5.41) is 0.503. The number of hydrogen-bond donors (Lipinski definition) is 1. The van der Waals surface area contributed by atoms with E-state index in [0.717, 1.165) is 11.1 Å². The summed E-state index contributed by atoms with van der Waals surface area (Å²) in [6, 6.07) is 18.2. The van der Waals surface area contributed by atoms with Gasteiger partial charge in [-0.25, -0.2) is 0 Å². The van der Waals surface area contributed by atoms with Gasteiger partial charge in [-0.15, -0.1) is 0 Å². The molecule has 0 spiro atoms. The normalized spacial score (nSPS) is 12.0. The molecular formula is C20H12ClNO2. The summed E-state index contributed by atoms with van der Waals surface area (Å²) in [5.74, 6) is -0.814. The number of nitrogens with two attached hydrogens (primary N) is 1. The first-order chi connectivity index (χ1) is 11.6. The van der Waals surface area contributed by atoms with Crippen LogP contribution in [0.2, 0.25) is 5.02 Å². The van der Waals surface area contributed by atoms with Crippen molar-refractivity contribution in [1.82, 2.24) is 0 Å². The zero-order valence-corrected chi connectivity index (χ0v) is 13.3. The van der Waals surface area contributed by atoms with Gasteiger partial charge in [-0.2, -0.15) is 0 Å². The number of halogens is 1. The second-order valence-corrected chi connectivity index (χ2v) is 6.04. The molecule has 0 atom stereocenters. The van der Waals surface area contributed by atoms with E-state index in [2.05, 4.69) is 0 Å². The molecule has 4 heteroatoms. The van der Waals surface area contributed by atoms with Crippen LogP contribution in [0.1, 0.15) is 26.3 Å². The van der Waals surface area contributed by atoms with Gasteiger partial charge in [0.05, 0.1) is 5.56 Å². The summed E-state index contributed by atoms with van der Waals surface area (Å²) in [4.78, 5) is 25.0. The van der Waals surface area contributed by atoms with Crippen molar-refractivity contribution in [3.05, 3.63) is 82.4 Å². The van der Waals surface area contributed by atoms with Crippen molar-refractivity contribution in [3.63, 3.8) is 0 Å². The van der Waals surface area contributed by atoms with Gasteiger partial charge in [0.1, 0.15) is 0 Å². The molecule has 0 bridgehead atoms. The maximum atomic E-state index is 12.8. The number of amides is 1. The van der Waals surface area contributed by atoms with Crippen molar-refractivity contribution < 1.29 is 9.59 Å². The Hall–Kier alpha value is -2.91. The fraction of sp³-hybridized carbons (Fsp3) is 0. The number of carbonyl (C=O) groups excluding carboxylic acids is 2. The van der Waals surface area contributed by atoms with Gasteiger partial charge < -0.3 is 5.73 Å². The van der Waals surface area contributed by atoms with E-state index >= 15 is 0 Å². The van der Waals surface area contributed by atoms with Crippen molar-refractivity contribution in [2.45, 2.75) is 0 Å². The van der Waals surface area contributed by atoms with Crippen molar-refractivity contribution in [2.24, 2.45) is 5.73 Å². The summed E-state index contributed by atoms with van der Waals surface area (Å²) >= 11 is 6.27. The molecular weight excluding hydrogens is 322 g/mol. The number of primary amides is 1. The fourth-order valence-corrected chi connectivity index (χ4v) is 3.51. The Bertz CT molecular complexity index is 1020. The second-order valence-electron chi connectivity index (χ2n) is 5.63. The first-order valence-electron chi connectivity index (χ1n) is 7.45. The van der Waals surface area contributed by atoms with Crippen molar-refractivity contribution >= 4 is 23.3 Å². The highest BCUT2D eigenvalue weighted by atomic mass is 35.5. The number of ketones is 1. The summed E-state index contributed by atoms with van der Waals surface area (Å²) < 4.78 is 0. The Morgan fingerprint density at radius 3 is 2.00 bits per heavy atom. The van der Waals surface area contributed by atoms with Crippen LogP contribution in [-0.2, 0) is 0 Å². The second kappa shape index (κ2) is 5.32. The van der Waals surface area contributed by atoms with Crippen LogP contribution in [0, 0.1) is 0 Å². The standard InChI is InChI=1S/C20H12ClNO2/c21-16-8-4-3-6-12(16)14-10-9-13-11-5-1-2-7-15(11)19(23)17(13)18(14)20(22)24/h1-10H,(H2,22,24). The predicted molar refractivity (Wildman–Crippen MR) is 94.3 cm³/mol. The first kappa shape index (κ1) is 14.7. The Morgan fingerprint density at radius 1 is 0.750 bits per heavy atom. The third-order valence-electron chi connectivity index (χ3n) is 4.30. The highest BCUT2D eigenvalue weighted by molar-refractivity contribution is 6.34. The lowest BCUT2D eigenvalue weighted by molar-refractivity contribution is 0.0983. The SMILES string of the molecule is NC(=O)c1c(-c2ccccc2Cl)ccc2c1C(=O)c1ccccc1-2. The lowest BCUT2D eigenvalue weighted by Crippen LogP contribution is -2.17. The van der Waals surface area contributed by atoms with Gasteiger partial charge in [0.2, 0.25) is 5.91 Å².